The molecule has 0 saturated carbocycles. The van der Waals surface area contributed by atoms with Gasteiger partial charge >= 0.3 is 0 Å². The quantitative estimate of drug-likeness (QED) is 0.222. The van der Waals surface area contributed by atoms with E-state index < -0.39 is 35.6 Å². The minimum Gasteiger partial charge on any atom is -0.479 e. The monoisotopic (exact) mass is 499 g/mol. The number of ether oxygens (including phenoxy) is 1. The molecule has 0 aliphatic carbocycles. The average Bonchev–Trinajstić information content (AvgIpc) is 3.53. The van der Waals surface area contributed by atoms with Crippen LogP contribution in [0.1, 0.15) is 17.0 Å². The van der Waals surface area contributed by atoms with Gasteiger partial charge in [-0.25, -0.2) is 28.2 Å². The Kier molecular flexibility index (Phi) is 4.74. The van der Waals surface area contributed by atoms with Crippen LogP contribution >= 0.6 is 11.3 Å². The highest BCUT2D eigenvalue weighted by Crippen LogP contribution is 2.36. The van der Waals surface area contributed by atoms with Gasteiger partial charge in [-0.2, -0.15) is 8.78 Å². The van der Waals surface area contributed by atoms with Gasteiger partial charge in [0.1, 0.15) is 28.2 Å². The largest absolute Gasteiger partial charge is 0.479 e. The summed E-state index contributed by atoms with van der Waals surface area (Å²) in [6, 6.07) is 5.14. The first-order valence-electron chi connectivity index (χ1n) is 10.3. The van der Waals surface area contributed by atoms with Gasteiger partial charge in [-0.05, 0) is 37.6 Å². The Morgan fingerprint density at radius 3 is 2.57 bits per heavy atom. The second kappa shape index (κ2) is 7.73. The first kappa shape index (κ1) is 21.5. The Morgan fingerprint density at radius 2 is 1.80 bits per heavy atom. The maximum Gasteiger partial charge on any atom is 0.218 e. The van der Waals surface area contributed by atoms with Crippen molar-refractivity contribution in [2.24, 2.45) is 0 Å². The summed E-state index contributed by atoms with van der Waals surface area (Å²) in [7, 11) is 0. The van der Waals surface area contributed by atoms with E-state index in [0.29, 0.717) is 5.65 Å². The van der Waals surface area contributed by atoms with Crippen molar-refractivity contribution in [3.63, 3.8) is 0 Å². The van der Waals surface area contributed by atoms with Gasteiger partial charge in [-0.3, -0.25) is 0 Å². The van der Waals surface area contributed by atoms with Crippen LogP contribution in [0.4, 0.5) is 17.6 Å². The van der Waals surface area contributed by atoms with Crippen LogP contribution < -0.4 is 4.74 Å². The molecule has 5 heterocycles. The number of rotatable bonds is 4. The molecule has 7 nitrogen and oxygen atoms in total. The number of furan rings is 1. The summed E-state index contributed by atoms with van der Waals surface area (Å²) in [5.41, 5.74) is 3.32. The minimum absolute atomic E-state index is 0.110. The summed E-state index contributed by atoms with van der Waals surface area (Å²) in [6.07, 6.45) is 1.55. The first-order chi connectivity index (χ1) is 16.8. The maximum atomic E-state index is 13.8. The standard InChI is InChI=1S/C23H13F4N5O2S/c1-9-5-10(2)29-23-15(9)18-20(35-23)22-30-21(31-32(22)8-28-18)14-4-3-11(34-14)7-33-19-16(26)12(24)6-13(25)17(19)27/h3-6,8H,7H2,1-2H3. The Hall–Kier alpha value is -4.06. The molecule has 0 atom stereocenters. The minimum atomic E-state index is -1.63. The summed E-state index contributed by atoms with van der Waals surface area (Å²) in [4.78, 5) is 14.6. The number of nitrogens with zero attached hydrogens (tertiary/aromatic N) is 5. The molecule has 12 heteroatoms. The van der Waals surface area contributed by atoms with E-state index in [0.717, 1.165) is 31.7 Å². The molecule has 0 spiro atoms. The summed E-state index contributed by atoms with van der Waals surface area (Å²) in [6.45, 7) is 3.46. The molecule has 1 aromatic carbocycles. The number of pyridine rings is 1. The topological polar surface area (TPSA) is 78.3 Å². The molecule has 0 amide bonds. The van der Waals surface area contributed by atoms with Crippen molar-refractivity contribution < 1.29 is 26.7 Å². The van der Waals surface area contributed by atoms with E-state index in [1.807, 2.05) is 19.9 Å². The number of aryl methyl sites for hydroxylation is 2. The zero-order valence-electron chi connectivity index (χ0n) is 18.1. The van der Waals surface area contributed by atoms with Crippen molar-refractivity contribution in [1.29, 1.82) is 0 Å². The van der Waals surface area contributed by atoms with E-state index in [9.17, 15) is 17.6 Å². The summed E-state index contributed by atoms with van der Waals surface area (Å²) in [5, 5.41) is 5.37. The molecule has 0 fully saturated rings. The smallest absolute Gasteiger partial charge is 0.218 e. The molecule has 0 aliphatic heterocycles. The van der Waals surface area contributed by atoms with Crippen molar-refractivity contribution in [2.75, 3.05) is 0 Å². The molecule has 0 radical (unpaired) electrons. The second-order valence-corrected chi connectivity index (χ2v) is 8.84. The highest BCUT2D eigenvalue weighted by atomic mass is 32.1. The Bertz CT molecular complexity index is 1770. The van der Waals surface area contributed by atoms with Gasteiger partial charge in [-0.1, -0.05) is 0 Å². The lowest BCUT2D eigenvalue weighted by molar-refractivity contribution is 0.238. The Labute approximate surface area is 197 Å². The van der Waals surface area contributed by atoms with E-state index in [4.69, 9.17) is 9.15 Å². The summed E-state index contributed by atoms with van der Waals surface area (Å²) in [5.74, 6) is -6.89. The number of hydrogen-bond acceptors (Lipinski definition) is 7. The Balaban J connectivity index is 1.34. The third kappa shape index (κ3) is 3.40. The average molecular weight is 499 g/mol. The van der Waals surface area contributed by atoms with Crippen LogP contribution in [0.2, 0.25) is 0 Å². The van der Waals surface area contributed by atoms with Gasteiger partial charge in [-0.15, -0.1) is 16.4 Å². The van der Waals surface area contributed by atoms with E-state index in [-0.39, 0.29) is 23.4 Å². The van der Waals surface area contributed by atoms with Crippen molar-refractivity contribution in [3.05, 3.63) is 70.9 Å². The molecule has 0 saturated heterocycles. The molecule has 0 aliphatic rings. The van der Waals surface area contributed by atoms with Crippen LogP contribution in [0.3, 0.4) is 0 Å². The molecule has 6 aromatic rings. The lowest BCUT2D eigenvalue weighted by atomic mass is 10.1. The summed E-state index contributed by atoms with van der Waals surface area (Å²) >= 11 is 1.46. The van der Waals surface area contributed by atoms with Crippen LogP contribution in [0, 0.1) is 37.1 Å². The van der Waals surface area contributed by atoms with Crippen molar-refractivity contribution in [1.82, 2.24) is 24.6 Å². The molecule has 5 aromatic heterocycles. The highest BCUT2D eigenvalue weighted by molar-refractivity contribution is 7.26. The van der Waals surface area contributed by atoms with Crippen LogP contribution in [0.25, 0.3) is 37.7 Å². The summed E-state index contributed by atoms with van der Waals surface area (Å²) < 4.78 is 67.3. The first-order valence-corrected chi connectivity index (χ1v) is 11.1. The highest BCUT2D eigenvalue weighted by Gasteiger charge is 2.22. The molecule has 0 bridgehead atoms. The maximum absolute atomic E-state index is 13.8. The molecule has 0 unspecified atom stereocenters. The van der Waals surface area contributed by atoms with Crippen molar-refractivity contribution in [2.45, 2.75) is 20.5 Å². The number of halogens is 4. The molecule has 6 rings (SSSR count). The van der Waals surface area contributed by atoms with E-state index in [2.05, 4.69) is 20.1 Å². The normalized spacial score (nSPS) is 11.8. The van der Waals surface area contributed by atoms with Gasteiger partial charge in [0, 0.05) is 17.1 Å². The molecule has 35 heavy (non-hydrogen) atoms. The predicted octanol–water partition coefficient (Wildman–Crippen LogP) is 5.90. The van der Waals surface area contributed by atoms with Crippen LogP contribution in [0.15, 0.2) is 35.0 Å². The molecular formula is C23H13F4N5O2S. The zero-order chi connectivity index (χ0) is 24.4. The van der Waals surface area contributed by atoms with E-state index >= 15 is 0 Å². The van der Waals surface area contributed by atoms with Crippen molar-refractivity contribution in [3.8, 4) is 17.3 Å². The van der Waals surface area contributed by atoms with Gasteiger partial charge in [0.25, 0.3) is 0 Å². The molecular weight excluding hydrogens is 486 g/mol. The Morgan fingerprint density at radius 1 is 1.03 bits per heavy atom. The fourth-order valence-electron chi connectivity index (χ4n) is 3.87. The van der Waals surface area contributed by atoms with E-state index in [1.165, 1.54) is 21.9 Å². The van der Waals surface area contributed by atoms with Crippen LogP contribution in [-0.2, 0) is 6.61 Å². The number of benzene rings is 1. The third-order valence-electron chi connectivity index (χ3n) is 5.40. The van der Waals surface area contributed by atoms with Gasteiger partial charge in [0.2, 0.25) is 17.5 Å². The second-order valence-electron chi connectivity index (χ2n) is 7.84. The van der Waals surface area contributed by atoms with Gasteiger partial charge in [0.05, 0.1) is 5.52 Å². The molecule has 176 valence electrons. The zero-order valence-corrected chi connectivity index (χ0v) is 18.9. The van der Waals surface area contributed by atoms with Crippen molar-refractivity contribution >= 4 is 37.4 Å². The predicted molar refractivity (Wildman–Crippen MR) is 119 cm³/mol. The number of hydrogen-bond donors (Lipinski definition) is 0. The lowest BCUT2D eigenvalue weighted by Gasteiger charge is -2.08. The number of thiophene rings is 1. The fraction of sp³-hybridized carbons (Fsp3) is 0.130. The number of aromatic nitrogens is 5. The SMILES string of the molecule is Cc1cc(C)c2c(n1)sc1c2ncn2nc(-c3ccc(COc4c(F)c(F)cc(F)c4F)o3)nc12. The third-order valence-corrected chi connectivity index (χ3v) is 6.47. The number of fused-ring (bicyclic) bond motifs is 5. The fourth-order valence-corrected chi connectivity index (χ4v) is 5.09. The van der Waals surface area contributed by atoms with E-state index in [1.54, 1.807) is 12.4 Å². The molecule has 0 N–H and O–H groups in total. The lowest BCUT2D eigenvalue weighted by Crippen LogP contribution is -2.03. The van der Waals surface area contributed by atoms with Crippen LogP contribution in [-0.4, -0.2) is 24.6 Å². The van der Waals surface area contributed by atoms with Gasteiger partial charge < -0.3 is 9.15 Å². The van der Waals surface area contributed by atoms with Crippen LogP contribution in [0.5, 0.6) is 5.75 Å². The van der Waals surface area contributed by atoms with Gasteiger partial charge in [0.15, 0.2) is 28.8 Å².